The van der Waals surface area contributed by atoms with Gasteiger partial charge in [-0.1, -0.05) is 20.8 Å². The predicted octanol–water partition coefficient (Wildman–Crippen LogP) is 2.46. The van der Waals surface area contributed by atoms with Gasteiger partial charge in [-0.05, 0) is 17.8 Å². The van der Waals surface area contributed by atoms with Crippen LogP contribution in [0.15, 0.2) is 10.2 Å². The van der Waals surface area contributed by atoms with Gasteiger partial charge in [0.25, 0.3) is 0 Å². The number of hydrogen-bond acceptors (Lipinski definition) is 2. The van der Waals surface area contributed by atoms with Gasteiger partial charge in [0.05, 0.1) is 0 Å². The van der Waals surface area contributed by atoms with Crippen molar-refractivity contribution in [3.05, 3.63) is 0 Å². The highest BCUT2D eigenvalue weighted by molar-refractivity contribution is 5.01. The fourth-order valence-electron chi connectivity index (χ4n) is 1.75. The molecule has 1 aliphatic carbocycles. The van der Waals surface area contributed by atoms with Crippen LogP contribution in [-0.4, -0.2) is 6.17 Å². The van der Waals surface area contributed by atoms with E-state index in [9.17, 15) is 0 Å². The summed E-state index contributed by atoms with van der Waals surface area (Å²) in [6.07, 6.45) is 1.76. The van der Waals surface area contributed by atoms with Crippen molar-refractivity contribution in [3.63, 3.8) is 0 Å². The second kappa shape index (κ2) is 1.60. The lowest BCUT2D eigenvalue weighted by Gasteiger charge is -2.17. The molecule has 0 radical (unpaired) electrons. The van der Waals surface area contributed by atoms with E-state index in [0.717, 1.165) is 11.8 Å². The molecule has 1 aliphatic heterocycles. The minimum Gasteiger partial charge on any atom is -0.162 e. The van der Waals surface area contributed by atoms with Crippen molar-refractivity contribution in [2.45, 2.75) is 33.4 Å². The summed E-state index contributed by atoms with van der Waals surface area (Å²) >= 11 is 0. The predicted molar refractivity (Wildman–Crippen MR) is 39.7 cm³/mol. The van der Waals surface area contributed by atoms with E-state index in [0.29, 0.717) is 11.6 Å². The third-order valence-electron chi connectivity index (χ3n) is 2.58. The van der Waals surface area contributed by atoms with Gasteiger partial charge in [0.2, 0.25) is 0 Å². The molecule has 0 saturated heterocycles. The maximum absolute atomic E-state index is 3.95. The lowest BCUT2D eigenvalue weighted by Crippen LogP contribution is -2.10. The lowest BCUT2D eigenvalue weighted by atomic mass is 9.89. The van der Waals surface area contributed by atoms with Crippen molar-refractivity contribution >= 4 is 0 Å². The highest BCUT2D eigenvalue weighted by Crippen LogP contribution is 2.55. The molecule has 0 amide bonds. The van der Waals surface area contributed by atoms with E-state index in [1.165, 1.54) is 6.42 Å². The first-order valence-corrected chi connectivity index (χ1v) is 3.99. The van der Waals surface area contributed by atoms with Gasteiger partial charge < -0.3 is 0 Å². The molecule has 0 unspecified atom stereocenters. The highest BCUT2D eigenvalue weighted by atomic mass is 15.4. The van der Waals surface area contributed by atoms with Crippen LogP contribution in [-0.2, 0) is 0 Å². The van der Waals surface area contributed by atoms with Gasteiger partial charge in [0.15, 0.2) is 6.17 Å². The topological polar surface area (TPSA) is 24.7 Å². The van der Waals surface area contributed by atoms with Gasteiger partial charge in [-0.25, -0.2) is 0 Å². The molecule has 1 heterocycles. The van der Waals surface area contributed by atoms with Gasteiger partial charge in [0.1, 0.15) is 0 Å². The van der Waals surface area contributed by atoms with Crippen LogP contribution >= 0.6 is 0 Å². The Morgan fingerprint density at radius 2 is 1.80 bits per heavy atom. The molecule has 0 N–H and O–H groups in total. The van der Waals surface area contributed by atoms with Crippen LogP contribution in [0.5, 0.6) is 0 Å². The van der Waals surface area contributed by atoms with Gasteiger partial charge in [-0.2, -0.15) is 10.2 Å². The zero-order valence-corrected chi connectivity index (χ0v) is 6.83. The Kier molecular flexibility index (Phi) is 1.01. The molecule has 2 rings (SSSR count). The molecule has 2 nitrogen and oxygen atoms in total. The molecular formula is C8H14N2. The lowest BCUT2D eigenvalue weighted by molar-refractivity contribution is 0.327. The quantitative estimate of drug-likeness (QED) is 0.531. The molecule has 0 bridgehead atoms. The van der Waals surface area contributed by atoms with Crippen LogP contribution in [0.25, 0.3) is 0 Å². The van der Waals surface area contributed by atoms with Crippen molar-refractivity contribution < 1.29 is 0 Å². The maximum Gasteiger partial charge on any atom is 0.184 e. The molecular weight excluding hydrogens is 124 g/mol. The van der Waals surface area contributed by atoms with Gasteiger partial charge >= 0.3 is 0 Å². The summed E-state index contributed by atoms with van der Waals surface area (Å²) < 4.78 is 0. The molecule has 0 aromatic heterocycles. The van der Waals surface area contributed by atoms with Crippen LogP contribution in [0.4, 0.5) is 0 Å². The Balaban J connectivity index is 1.89. The Morgan fingerprint density at radius 3 is 2.10 bits per heavy atom. The zero-order valence-electron chi connectivity index (χ0n) is 6.83. The number of hydrogen-bond donors (Lipinski definition) is 0. The molecule has 1 saturated carbocycles. The summed E-state index contributed by atoms with van der Waals surface area (Å²) in [5, 5.41) is 7.91. The second-order valence-electron chi connectivity index (χ2n) is 4.52. The van der Waals surface area contributed by atoms with Gasteiger partial charge in [0, 0.05) is 5.92 Å². The van der Waals surface area contributed by atoms with Crippen LogP contribution in [0.3, 0.4) is 0 Å². The van der Waals surface area contributed by atoms with Crippen molar-refractivity contribution in [3.8, 4) is 0 Å². The molecule has 2 heteroatoms. The molecule has 2 atom stereocenters. The zero-order chi connectivity index (χ0) is 7.35. The van der Waals surface area contributed by atoms with E-state index in [2.05, 4.69) is 31.0 Å². The highest BCUT2D eigenvalue weighted by Gasteiger charge is 2.52. The van der Waals surface area contributed by atoms with Crippen LogP contribution in [0.1, 0.15) is 27.2 Å². The van der Waals surface area contributed by atoms with E-state index in [4.69, 9.17) is 0 Å². The molecule has 0 aromatic carbocycles. The first-order chi connectivity index (χ1) is 4.59. The third kappa shape index (κ3) is 0.957. The molecule has 1 fully saturated rings. The summed E-state index contributed by atoms with van der Waals surface area (Å²) in [6.45, 7) is 6.92. The summed E-state index contributed by atoms with van der Waals surface area (Å²) in [6, 6.07) is 0. The average molecular weight is 138 g/mol. The minimum absolute atomic E-state index is 0.407. The Bertz CT molecular complexity index is 172. The SMILES string of the molecule is CC(C)(C)[C@@H]1C[C@H]1C1N=N1. The van der Waals surface area contributed by atoms with E-state index in [1.807, 2.05) is 0 Å². The van der Waals surface area contributed by atoms with E-state index in [-0.39, 0.29) is 0 Å². The fraction of sp³-hybridized carbons (Fsp3) is 1.00. The molecule has 0 aromatic rings. The first kappa shape index (κ1) is 6.32. The van der Waals surface area contributed by atoms with E-state index >= 15 is 0 Å². The van der Waals surface area contributed by atoms with Crippen molar-refractivity contribution in [1.29, 1.82) is 0 Å². The summed E-state index contributed by atoms with van der Waals surface area (Å²) in [5.74, 6) is 1.69. The van der Waals surface area contributed by atoms with Gasteiger partial charge in [-0.15, -0.1) is 0 Å². The molecule has 0 spiro atoms. The Labute approximate surface area is 61.7 Å². The summed E-state index contributed by atoms with van der Waals surface area (Å²) in [4.78, 5) is 0. The van der Waals surface area contributed by atoms with E-state index < -0.39 is 0 Å². The van der Waals surface area contributed by atoms with Gasteiger partial charge in [-0.3, -0.25) is 0 Å². The molecule has 56 valence electrons. The largest absolute Gasteiger partial charge is 0.184 e. The second-order valence-corrected chi connectivity index (χ2v) is 4.52. The Morgan fingerprint density at radius 1 is 1.20 bits per heavy atom. The normalized spacial score (nSPS) is 38.3. The number of rotatable bonds is 1. The average Bonchev–Trinajstić information content (AvgIpc) is 2.56. The third-order valence-corrected chi connectivity index (χ3v) is 2.58. The van der Waals surface area contributed by atoms with Crippen LogP contribution in [0, 0.1) is 17.3 Å². The summed E-state index contributed by atoms with van der Waals surface area (Å²) in [7, 11) is 0. The number of nitrogens with zero attached hydrogens (tertiary/aromatic N) is 2. The monoisotopic (exact) mass is 138 g/mol. The standard InChI is InChI=1S/C8H14N2/c1-8(2,3)6-4-5(6)7-9-10-7/h5-7H,4H2,1-3H3/t5-,6-/m1/s1. The smallest absolute Gasteiger partial charge is 0.162 e. The van der Waals surface area contributed by atoms with Crippen LogP contribution < -0.4 is 0 Å². The van der Waals surface area contributed by atoms with Crippen LogP contribution in [0.2, 0.25) is 0 Å². The molecule has 2 aliphatic rings. The molecule has 10 heavy (non-hydrogen) atoms. The maximum atomic E-state index is 3.95. The minimum atomic E-state index is 0.407. The van der Waals surface area contributed by atoms with Crippen molar-refractivity contribution in [2.75, 3.05) is 0 Å². The fourth-order valence-corrected chi connectivity index (χ4v) is 1.75. The first-order valence-electron chi connectivity index (χ1n) is 3.99. The van der Waals surface area contributed by atoms with E-state index in [1.54, 1.807) is 0 Å². The van der Waals surface area contributed by atoms with Crippen molar-refractivity contribution in [1.82, 2.24) is 0 Å². The Hall–Kier alpha value is -0.400. The van der Waals surface area contributed by atoms with Crippen molar-refractivity contribution in [2.24, 2.45) is 27.5 Å². The summed E-state index contributed by atoms with van der Waals surface area (Å²) in [5.41, 5.74) is 0.484.